The number of amides is 1. The molecule has 0 radical (unpaired) electrons. The zero-order valence-corrected chi connectivity index (χ0v) is 8.81. The minimum atomic E-state index is 0.0809. The molecule has 0 heterocycles. The Hall–Kier alpha value is -0.570. The summed E-state index contributed by atoms with van der Waals surface area (Å²) in [4.78, 5) is 11.6. The summed E-state index contributed by atoms with van der Waals surface area (Å²) in [7, 11) is 0. The zero-order chi connectivity index (χ0) is 9.90. The third kappa shape index (κ3) is 3.35. The van der Waals surface area contributed by atoms with Crippen LogP contribution >= 0.6 is 0 Å². The fraction of sp³-hybridized carbons (Fsp3) is 0.900. The normalized spacial score (nSPS) is 20.8. The molecule has 1 aliphatic rings. The number of hydrogen-bond acceptors (Lipinski definition) is 2. The molecule has 3 nitrogen and oxygen atoms in total. The maximum absolute atomic E-state index is 11.6. The summed E-state index contributed by atoms with van der Waals surface area (Å²) in [5.74, 6) is 0.262. The third-order valence-electron chi connectivity index (χ3n) is 2.57. The number of rotatable bonds is 5. The van der Waals surface area contributed by atoms with Crippen molar-refractivity contribution in [3.8, 4) is 0 Å². The van der Waals surface area contributed by atoms with Crippen LogP contribution in [0.3, 0.4) is 0 Å². The van der Waals surface area contributed by atoms with Crippen molar-refractivity contribution in [2.45, 2.75) is 39.2 Å². The smallest absolute Gasteiger partial charge is 0.224 e. The van der Waals surface area contributed by atoms with E-state index in [0.717, 1.165) is 25.9 Å². The van der Waals surface area contributed by atoms with E-state index < -0.39 is 0 Å². The van der Waals surface area contributed by atoms with Gasteiger partial charge in [-0.3, -0.25) is 4.79 Å². The second kappa shape index (κ2) is 4.09. The highest BCUT2D eigenvalue weighted by Gasteiger charge is 2.39. The molecule has 3 heteroatoms. The molecule has 2 N–H and O–H groups in total. The van der Waals surface area contributed by atoms with Crippen LogP contribution in [0.25, 0.3) is 0 Å². The van der Waals surface area contributed by atoms with Crippen LogP contribution in [0.4, 0.5) is 0 Å². The standard InChI is InChI=1S/C10H20N2O/c1-4-11-7-8(2)9(13)12-10(3)5-6-10/h8,11H,4-7H2,1-3H3,(H,12,13). The lowest BCUT2D eigenvalue weighted by Gasteiger charge is -2.16. The Morgan fingerprint density at radius 2 is 2.15 bits per heavy atom. The van der Waals surface area contributed by atoms with Crippen molar-refractivity contribution < 1.29 is 4.79 Å². The summed E-state index contributed by atoms with van der Waals surface area (Å²) in [6.45, 7) is 7.81. The summed E-state index contributed by atoms with van der Waals surface area (Å²) < 4.78 is 0. The van der Waals surface area contributed by atoms with Crippen molar-refractivity contribution in [3.05, 3.63) is 0 Å². The molecule has 13 heavy (non-hydrogen) atoms. The van der Waals surface area contributed by atoms with Crippen molar-refractivity contribution in [1.29, 1.82) is 0 Å². The predicted molar refractivity (Wildman–Crippen MR) is 53.5 cm³/mol. The van der Waals surface area contributed by atoms with Gasteiger partial charge in [-0.2, -0.15) is 0 Å². The van der Waals surface area contributed by atoms with Crippen LogP contribution in [0.2, 0.25) is 0 Å². The van der Waals surface area contributed by atoms with Crippen LogP contribution in [0.1, 0.15) is 33.6 Å². The number of hydrogen-bond donors (Lipinski definition) is 2. The lowest BCUT2D eigenvalue weighted by Crippen LogP contribution is -2.41. The van der Waals surface area contributed by atoms with Gasteiger partial charge in [0.05, 0.1) is 0 Å². The van der Waals surface area contributed by atoms with Gasteiger partial charge in [0.15, 0.2) is 0 Å². The van der Waals surface area contributed by atoms with Crippen LogP contribution in [0, 0.1) is 5.92 Å². The molecule has 1 amide bonds. The lowest BCUT2D eigenvalue weighted by atomic mass is 10.1. The fourth-order valence-corrected chi connectivity index (χ4v) is 1.19. The highest BCUT2D eigenvalue weighted by atomic mass is 16.2. The zero-order valence-electron chi connectivity index (χ0n) is 8.81. The first-order valence-corrected chi connectivity index (χ1v) is 5.10. The summed E-state index contributed by atoms with van der Waals surface area (Å²) in [6, 6.07) is 0. The Bertz CT molecular complexity index is 187. The molecule has 0 saturated heterocycles. The highest BCUT2D eigenvalue weighted by molar-refractivity contribution is 5.79. The van der Waals surface area contributed by atoms with Gasteiger partial charge in [0.2, 0.25) is 5.91 Å². The molecule has 0 spiro atoms. The molecular formula is C10H20N2O. The van der Waals surface area contributed by atoms with E-state index in [0.29, 0.717) is 0 Å². The van der Waals surface area contributed by atoms with Crippen LogP contribution in [0.5, 0.6) is 0 Å². The Morgan fingerprint density at radius 3 is 2.62 bits per heavy atom. The number of carbonyl (C=O) groups is 1. The maximum Gasteiger partial charge on any atom is 0.224 e. The molecule has 0 aromatic heterocycles. The largest absolute Gasteiger partial charge is 0.351 e. The van der Waals surface area contributed by atoms with E-state index in [1.807, 2.05) is 13.8 Å². The average molecular weight is 184 g/mol. The van der Waals surface area contributed by atoms with E-state index in [1.165, 1.54) is 0 Å². The van der Waals surface area contributed by atoms with Crippen molar-refractivity contribution in [2.75, 3.05) is 13.1 Å². The molecule has 0 bridgehead atoms. The van der Waals surface area contributed by atoms with E-state index in [-0.39, 0.29) is 17.4 Å². The maximum atomic E-state index is 11.6. The lowest BCUT2D eigenvalue weighted by molar-refractivity contribution is -0.125. The second-order valence-corrected chi connectivity index (χ2v) is 4.26. The molecule has 1 fully saturated rings. The van der Waals surface area contributed by atoms with Gasteiger partial charge in [-0.1, -0.05) is 13.8 Å². The van der Waals surface area contributed by atoms with Crippen LogP contribution in [-0.2, 0) is 4.79 Å². The third-order valence-corrected chi connectivity index (χ3v) is 2.57. The minimum Gasteiger partial charge on any atom is -0.351 e. The molecule has 1 aliphatic carbocycles. The SMILES string of the molecule is CCNCC(C)C(=O)NC1(C)CC1. The topological polar surface area (TPSA) is 41.1 Å². The van der Waals surface area contributed by atoms with Crippen molar-refractivity contribution in [3.63, 3.8) is 0 Å². The van der Waals surface area contributed by atoms with Crippen molar-refractivity contribution in [1.82, 2.24) is 10.6 Å². The minimum absolute atomic E-state index is 0.0809. The Kier molecular flexibility index (Phi) is 3.31. The van der Waals surface area contributed by atoms with Gasteiger partial charge in [0.25, 0.3) is 0 Å². The monoisotopic (exact) mass is 184 g/mol. The first kappa shape index (κ1) is 10.5. The van der Waals surface area contributed by atoms with E-state index in [1.54, 1.807) is 0 Å². The van der Waals surface area contributed by atoms with Crippen LogP contribution < -0.4 is 10.6 Å². The molecule has 0 aromatic rings. The molecule has 0 aliphatic heterocycles. The Labute approximate surface area is 80.3 Å². The average Bonchev–Trinajstić information content (AvgIpc) is 2.79. The molecule has 1 unspecified atom stereocenters. The van der Waals surface area contributed by atoms with E-state index in [2.05, 4.69) is 17.6 Å². The summed E-state index contributed by atoms with van der Waals surface area (Å²) in [6.07, 6.45) is 2.26. The number of carbonyl (C=O) groups excluding carboxylic acids is 1. The van der Waals surface area contributed by atoms with Crippen molar-refractivity contribution in [2.24, 2.45) is 5.92 Å². The first-order chi connectivity index (χ1) is 6.07. The van der Waals surface area contributed by atoms with Gasteiger partial charge in [0, 0.05) is 18.0 Å². The molecule has 0 aromatic carbocycles. The van der Waals surface area contributed by atoms with Gasteiger partial charge < -0.3 is 10.6 Å². The molecular weight excluding hydrogens is 164 g/mol. The van der Waals surface area contributed by atoms with E-state index >= 15 is 0 Å². The highest BCUT2D eigenvalue weighted by Crippen LogP contribution is 2.34. The van der Waals surface area contributed by atoms with Gasteiger partial charge >= 0.3 is 0 Å². The van der Waals surface area contributed by atoms with E-state index in [4.69, 9.17) is 0 Å². The molecule has 1 rings (SSSR count). The van der Waals surface area contributed by atoms with Crippen molar-refractivity contribution >= 4 is 5.91 Å². The van der Waals surface area contributed by atoms with Gasteiger partial charge in [0.1, 0.15) is 0 Å². The Morgan fingerprint density at radius 1 is 1.54 bits per heavy atom. The molecule has 1 atom stereocenters. The summed E-state index contributed by atoms with van der Waals surface area (Å²) in [5, 5.41) is 6.23. The van der Waals surface area contributed by atoms with Gasteiger partial charge in [-0.15, -0.1) is 0 Å². The predicted octanol–water partition coefficient (Wildman–Crippen LogP) is 0.901. The summed E-state index contributed by atoms with van der Waals surface area (Å²) in [5.41, 5.74) is 0.123. The van der Waals surface area contributed by atoms with E-state index in [9.17, 15) is 4.79 Å². The van der Waals surface area contributed by atoms with Gasteiger partial charge in [-0.05, 0) is 26.3 Å². The summed E-state index contributed by atoms with van der Waals surface area (Å²) >= 11 is 0. The second-order valence-electron chi connectivity index (χ2n) is 4.26. The molecule has 76 valence electrons. The molecule has 1 saturated carbocycles. The Balaban J connectivity index is 2.21. The quantitative estimate of drug-likeness (QED) is 0.666. The van der Waals surface area contributed by atoms with Gasteiger partial charge in [-0.25, -0.2) is 0 Å². The van der Waals surface area contributed by atoms with Crippen LogP contribution in [-0.4, -0.2) is 24.5 Å². The van der Waals surface area contributed by atoms with Crippen LogP contribution in [0.15, 0.2) is 0 Å². The number of nitrogens with one attached hydrogen (secondary N) is 2. The first-order valence-electron chi connectivity index (χ1n) is 5.10. The fourth-order valence-electron chi connectivity index (χ4n) is 1.19.